The van der Waals surface area contributed by atoms with Crippen molar-refractivity contribution < 1.29 is 9.84 Å². The van der Waals surface area contributed by atoms with E-state index in [1.165, 1.54) is 5.56 Å². The number of hydrogen-bond donors (Lipinski definition) is 1. The SMILES string of the molecule is COc1ccccc1C(C)Cc1ccccc1O. The van der Waals surface area contributed by atoms with E-state index in [-0.39, 0.29) is 0 Å². The van der Waals surface area contributed by atoms with Gasteiger partial charge in [-0.3, -0.25) is 0 Å². The molecule has 1 N–H and O–H groups in total. The Labute approximate surface area is 108 Å². The first-order chi connectivity index (χ1) is 8.72. The van der Waals surface area contributed by atoms with E-state index in [0.717, 1.165) is 17.7 Å². The average Bonchev–Trinajstić information content (AvgIpc) is 2.41. The molecule has 2 aromatic carbocycles. The summed E-state index contributed by atoms with van der Waals surface area (Å²) in [6.45, 7) is 2.14. The highest BCUT2D eigenvalue weighted by Gasteiger charge is 2.13. The molecule has 0 aliphatic heterocycles. The van der Waals surface area contributed by atoms with Crippen molar-refractivity contribution in [3.05, 3.63) is 59.7 Å². The molecule has 0 aliphatic rings. The molecule has 0 aromatic heterocycles. The van der Waals surface area contributed by atoms with Crippen LogP contribution in [-0.2, 0) is 6.42 Å². The van der Waals surface area contributed by atoms with Crippen LogP contribution in [0.4, 0.5) is 0 Å². The predicted octanol–water partition coefficient (Wildman–Crippen LogP) is 3.75. The Morgan fingerprint density at radius 1 is 1.06 bits per heavy atom. The highest BCUT2D eigenvalue weighted by atomic mass is 16.5. The minimum Gasteiger partial charge on any atom is -0.508 e. The van der Waals surface area contributed by atoms with Crippen LogP contribution in [0, 0.1) is 0 Å². The molecule has 0 saturated heterocycles. The first-order valence-corrected chi connectivity index (χ1v) is 6.12. The monoisotopic (exact) mass is 242 g/mol. The van der Waals surface area contributed by atoms with E-state index < -0.39 is 0 Å². The van der Waals surface area contributed by atoms with Crippen molar-refractivity contribution in [3.8, 4) is 11.5 Å². The summed E-state index contributed by atoms with van der Waals surface area (Å²) >= 11 is 0. The number of rotatable bonds is 4. The molecule has 1 atom stereocenters. The Balaban J connectivity index is 2.22. The molecule has 0 bridgehead atoms. The summed E-state index contributed by atoms with van der Waals surface area (Å²) in [5.41, 5.74) is 2.14. The molecule has 0 heterocycles. The van der Waals surface area contributed by atoms with Crippen molar-refractivity contribution in [3.63, 3.8) is 0 Å². The van der Waals surface area contributed by atoms with Crippen molar-refractivity contribution in [1.29, 1.82) is 0 Å². The molecule has 2 heteroatoms. The van der Waals surface area contributed by atoms with Gasteiger partial charge in [-0.15, -0.1) is 0 Å². The van der Waals surface area contributed by atoms with Crippen molar-refractivity contribution >= 4 is 0 Å². The van der Waals surface area contributed by atoms with Crippen LogP contribution in [0.25, 0.3) is 0 Å². The topological polar surface area (TPSA) is 29.5 Å². The summed E-state index contributed by atoms with van der Waals surface area (Å²) in [5.74, 6) is 1.56. The van der Waals surface area contributed by atoms with Gasteiger partial charge in [0.1, 0.15) is 11.5 Å². The summed E-state index contributed by atoms with van der Waals surface area (Å²) in [5, 5.41) is 9.80. The molecule has 2 nitrogen and oxygen atoms in total. The maximum Gasteiger partial charge on any atom is 0.122 e. The van der Waals surface area contributed by atoms with E-state index in [1.54, 1.807) is 13.2 Å². The molecule has 1 unspecified atom stereocenters. The van der Waals surface area contributed by atoms with Gasteiger partial charge in [0.25, 0.3) is 0 Å². The molecule has 0 aliphatic carbocycles. The number of benzene rings is 2. The van der Waals surface area contributed by atoms with Crippen LogP contribution in [0.5, 0.6) is 11.5 Å². The highest BCUT2D eigenvalue weighted by molar-refractivity contribution is 5.39. The van der Waals surface area contributed by atoms with Crippen LogP contribution < -0.4 is 4.74 Å². The van der Waals surface area contributed by atoms with E-state index >= 15 is 0 Å². The van der Waals surface area contributed by atoms with Crippen molar-refractivity contribution in [2.24, 2.45) is 0 Å². The fraction of sp³-hybridized carbons (Fsp3) is 0.250. The third-order valence-corrected chi connectivity index (χ3v) is 3.19. The lowest BCUT2D eigenvalue weighted by Gasteiger charge is -2.16. The van der Waals surface area contributed by atoms with Gasteiger partial charge in [0.05, 0.1) is 7.11 Å². The molecule has 0 fully saturated rings. The first kappa shape index (κ1) is 12.5. The molecule has 18 heavy (non-hydrogen) atoms. The van der Waals surface area contributed by atoms with Crippen LogP contribution >= 0.6 is 0 Å². The predicted molar refractivity (Wildman–Crippen MR) is 73.2 cm³/mol. The number of ether oxygens (including phenoxy) is 1. The van der Waals surface area contributed by atoms with Crippen LogP contribution in [0.1, 0.15) is 24.0 Å². The third-order valence-electron chi connectivity index (χ3n) is 3.19. The van der Waals surface area contributed by atoms with Crippen molar-refractivity contribution in [2.75, 3.05) is 7.11 Å². The Kier molecular flexibility index (Phi) is 3.88. The van der Waals surface area contributed by atoms with Gasteiger partial charge in [-0.05, 0) is 35.6 Å². The van der Waals surface area contributed by atoms with Gasteiger partial charge >= 0.3 is 0 Å². The number of aromatic hydroxyl groups is 1. The second-order valence-electron chi connectivity index (χ2n) is 4.48. The normalized spacial score (nSPS) is 12.1. The molecule has 2 aromatic rings. The van der Waals surface area contributed by atoms with E-state index in [1.807, 2.05) is 36.4 Å². The second-order valence-corrected chi connectivity index (χ2v) is 4.48. The summed E-state index contributed by atoms with van der Waals surface area (Å²) in [7, 11) is 1.69. The first-order valence-electron chi connectivity index (χ1n) is 6.12. The van der Waals surface area contributed by atoms with Crippen molar-refractivity contribution in [2.45, 2.75) is 19.3 Å². The van der Waals surface area contributed by atoms with E-state index in [0.29, 0.717) is 11.7 Å². The molecule has 94 valence electrons. The maximum atomic E-state index is 9.80. The van der Waals surface area contributed by atoms with E-state index in [2.05, 4.69) is 13.0 Å². The summed E-state index contributed by atoms with van der Waals surface area (Å²) in [6.07, 6.45) is 0.799. The molecule has 0 radical (unpaired) electrons. The Morgan fingerprint density at radius 3 is 2.44 bits per heavy atom. The van der Waals surface area contributed by atoms with Gasteiger partial charge in [0, 0.05) is 0 Å². The van der Waals surface area contributed by atoms with Gasteiger partial charge in [-0.1, -0.05) is 43.3 Å². The number of para-hydroxylation sites is 2. The largest absolute Gasteiger partial charge is 0.508 e. The number of hydrogen-bond acceptors (Lipinski definition) is 2. The average molecular weight is 242 g/mol. The minimum atomic E-state index is 0.300. The van der Waals surface area contributed by atoms with Gasteiger partial charge in [0.15, 0.2) is 0 Å². The fourth-order valence-corrected chi connectivity index (χ4v) is 2.20. The van der Waals surface area contributed by atoms with Crippen LogP contribution in [-0.4, -0.2) is 12.2 Å². The fourth-order valence-electron chi connectivity index (χ4n) is 2.20. The molecular weight excluding hydrogens is 224 g/mol. The van der Waals surface area contributed by atoms with E-state index in [9.17, 15) is 5.11 Å². The van der Waals surface area contributed by atoms with Crippen LogP contribution in [0.3, 0.4) is 0 Å². The maximum absolute atomic E-state index is 9.80. The number of methoxy groups -OCH3 is 1. The van der Waals surface area contributed by atoms with Gasteiger partial charge in [-0.2, -0.15) is 0 Å². The molecular formula is C16H18O2. The van der Waals surface area contributed by atoms with Crippen LogP contribution in [0.15, 0.2) is 48.5 Å². The quantitative estimate of drug-likeness (QED) is 0.884. The smallest absolute Gasteiger partial charge is 0.122 e. The van der Waals surface area contributed by atoms with Gasteiger partial charge in [0.2, 0.25) is 0 Å². The van der Waals surface area contributed by atoms with Crippen molar-refractivity contribution in [1.82, 2.24) is 0 Å². The number of phenols is 1. The summed E-state index contributed by atoms with van der Waals surface area (Å²) < 4.78 is 5.37. The lowest BCUT2D eigenvalue weighted by atomic mass is 9.92. The number of phenolic OH excluding ortho intramolecular Hbond substituents is 1. The minimum absolute atomic E-state index is 0.300. The lowest BCUT2D eigenvalue weighted by Crippen LogP contribution is -2.01. The molecule has 0 saturated carbocycles. The lowest BCUT2D eigenvalue weighted by molar-refractivity contribution is 0.405. The van der Waals surface area contributed by atoms with Gasteiger partial charge in [-0.25, -0.2) is 0 Å². The molecule has 0 spiro atoms. The van der Waals surface area contributed by atoms with Gasteiger partial charge < -0.3 is 9.84 Å². The molecule has 0 amide bonds. The third kappa shape index (κ3) is 2.65. The summed E-state index contributed by atoms with van der Waals surface area (Å²) in [6, 6.07) is 15.5. The standard InChI is InChI=1S/C16H18O2/c1-12(11-13-7-3-5-9-15(13)17)14-8-4-6-10-16(14)18-2/h3-10,12,17H,11H2,1-2H3. The zero-order chi connectivity index (χ0) is 13.0. The second kappa shape index (κ2) is 5.58. The zero-order valence-electron chi connectivity index (χ0n) is 10.8. The Hall–Kier alpha value is -1.96. The highest BCUT2D eigenvalue weighted by Crippen LogP contribution is 2.30. The Bertz CT molecular complexity index is 520. The summed E-state index contributed by atoms with van der Waals surface area (Å²) in [4.78, 5) is 0. The zero-order valence-corrected chi connectivity index (χ0v) is 10.8. The molecule has 2 rings (SSSR count). The Morgan fingerprint density at radius 2 is 1.72 bits per heavy atom. The van der Waals surface area contributed by atoms with E-state index in [4.69, 9.17) is 4.74 Å². The van der Waals surface area contributed by atoms with Crippen LogP contribution in [0.2, 0.25) is 0 Å².